The van der Waals surface area contributed by atoms with Crippen LogP contribution in [0.3, 0.4) is 0 Å². The number of aromatic nitrogens is 1. The maximum Gasteiger partial charge on any atom is 0.258 e. The third kappa shape index (κ3) is 5.64. The Labute approximate surface area is 239 Å². The van der Waals surface area contributed by atoms with Gasteiger partial charge in [-0.25, -0.2) is 0 Å². The molecule has 4 aromatic rings. The molecule has 0 bridgehead atoms. The number of benzene rings is 3. The number of hydrogen-bond donors (Lipinski definition) is 2. The molecule has 7 nitrogen and oxygen atoms in total. The summed E-state index contributed by atoms with van der Waals surface area (Å²) >= 11 is 8.04. The molecule has 0 radical (unpaired) electrons. The van der Waals surface area contributed by atoms with Crippen LogP contribution < -0.4 is 10.7 Å². The Morgan fingerprint density at radius 3 is 2.47 bits per heavy atom. The predicted octanol–water partition coefficient (Wildman–Crippen LogP) is 4.50. The number of rotatable bonds is 7. The van der Waals surface area contributed by atoms with E-state index in [4.69, 9.17) is 16.3 Å². The highest BCUT2D eigenvalue weighted by Gasteiger charge is 2.23. The molecule has 0 unspecified atom stereocenters. The van der Waals surface area contributed by atoms with E-state index in [9.17, 15) is 14.7 Å². The standard InChI is InChI=1S/C29H27ClIN3O4/c30-22-8-5-19(6-9-22)16-32-29(37)26-27(36)23-15-20(17-33-11-13-38-14-12-33)7-10-25(23)34(28(26)31)24-4-2-1-3-21(24)18-35/h1-10,15,35H,11-14,16-18H2,(H,32,37). The fourth-order valence-corrected chi connectivity index (χ4v) is 5.83. The first kappa shape index (κ1) is 26.8. The summed E-state index contributed by atoms with van der Waals surface area (Å²) in [5.41, 5.74) is 3.71. The zero-order chi connectivity index (χ0) is 26.6. The van der Waals surface area contributed by atoms with Crippen molar-refractivity contribution in [3.63, 3.8) is 0 Å². The van der Waals surface area contributed by atoms with Gasteiger partial charge in [-0.2, -0.15) is 0 Å². The number of ether oxygens (including phenoxy) is 1. The molecule has 0 atom stereocenters. The highest BCUT2D eigenvalue weighted by molar-refractivity contribution is 14.1. The van der Waals surface area contributed by atoms with Crippen LogP contribution >= 0.6 is 34.2 Å². The molecule has 1 aromatic heterocycles. The summed E-state index contributed by atoms with van der Waals surface area (Å²) in [4.78, 5) is 29.6. The molecule has 1 aliphatic heterocycles. The van der Waals surface area contributed by atoms with Gasteiger partial charge < -0.3 is 19.7 Å². The van der Waals surface area contributed by atoms with Crippen molar-refractivity contribution in [2.75, 3.05) is 26.3 Å². The number of aliphatic hydroxyl groups excluding tert-OH is 1. The summed E-state index contributed by atoms with van der Waals surface area (Å²) in [5.74, 6) is -0.454. The lowest BCUT2D eigenvalue weighted by atomic mass is 10.1. The summed E-state index contributed by atoms with van der Waals surface area (Å²) in [6, 6.07) is 20.5. The number of halogens is 2. The van der Waals surface area contributed by atoms with Crippen LogP contribution in [0.5, 0.6) is 0 Å². The Kier molecular flexibility index (Phi) is 8.45. The molecule has 0 spiro atoms. The van der Waals surface area contributed by atoms with Crippen LogP contribution in [0, 0.1) is 3.70 Å². The average molecular weight is 644 g/mol. The molecule has 0 aliphatic carbocycles. The number of fused-ring (bicyclic) bond motifs is 1. The molecule has 2 heterocycles. The lowest BCUT2D eigenvalue weighted by Crippen LogP contribution is -2.35. The topological polar surface area (TPSA) is 83.8 Å². The Morgan fingerprint density at radius 1 is 1.03 bits per heavy atom. The van der Waals surface area contributed by atoms with E-state index in [0.717, 1.165) is 29.9 Å². The zero-order valence-corrected chi connectivity index (χ0v) is 23.5. The minimum atomic E-state index is -0.454. The molecule has 5 rings (SSSR count). The van der Waals surface area contributed by atoms with Gasteiger partial charge in [-0.3, -0.25) is 14.5 Å². The molecular weight excluding hydrogens is 617 g/mol. The predicted molar refractivity (Wildman–Crippen MR) is 157 cm³/mol. The van der Waals surface area contributed by atoms with Crippen molar-refractivity contribution in [3.05, 3.63) is 108 Å². The van der Waals surface area contributed by atoms with Crippen LogP contribution in [0.4, 0.5) is 0 Å². The van der Waals surface area contributed by atoms with Crippen LogP contribution in [-0.2, 0) is 24.4 Å². The normalized spacial score (nSPS) is 14.1. The Hall–Kier alpha value is -2.76. The molecule has 0 saturated carbocycles. The third-order valence-electron chi connectivity index (χ3n) is 6.68. The number of carbonyl (C=O) groups excluding carboxylic acids is 1. The van der Waals surface area contributed by atoms with Crippen molar-refractivity contribution >= 4 is 51.0 Å². The molecule has 9 heteroatoms. The monoisotopic (exact) mass is 643 g/mol. The van der Waals surface area contributed by atoms with Gasteiger partial charge in [0.1, 0.15) is 9.26 Å². The number of para-hydroxylation sites is 1. The molecule has 196 valence electrons. The smallest absolute Gasteiger partial charge is 0.258 e. The first-order valence-corrected chi connectivity index (χ1v) is 13.8. The molecular formula is C29H27ClIN3O4. The zero-order valence-electron chi connectivity index (χ0n) is 20.6. The maximum atomic E-state index is 13.8. The number of nitrogens with zero attached hydrogens (tertiary/aromatic N) is 2. The SMILES string of the molecule is O=C(NCc1ccc(Cl)cc1)c1c(I)n(-c2ccccc2CO)c2ccc(CN3CCOCC3)cc2c1=O. The van der Waals surface area contributed by atoms with Crippen LogP contribution in [-0.4, -0.2) is 46.8 Å². The number of amides is 1. The van der Waals surface area contributed by atoms with Gasteiger partial charge in [0.25, 0.3) is 5.91 Å². The van der Waals surface area contributed by atoms with Crippen molar-refractivity contribution < 1.29 is 14.6 Å². The van der Waals surface area contributed by atoms with Gasteiger partial charge in [-0.15, -0.1) is 0 Å². The van der Waals surface area contributed by atoms with Crippen molar-refractivity contribution in [1.29, 1.82) is 0 Å². The number of pyridine rings is 1. The summed E-state index contributed by atoms with van der Waals surface area (Å²) in [5, 5.41) is 14.0. The van der Waals surface area contributed by atoms with Crippen molar-refractivity contribution in [2.45, 2.75) is 19.7 Å². The summed E-state index contributed by atoms with van der Waals surface area (Å²) in [6.07, 6.45) is 0. The largest absolute Gasteiger partial charge is 0.392 e. The minimum absolute atomic E-state index is 0.0725. The number of hydrogen-bond acceptors (Lipinski definition) is 5. The fourth-order valence-electron chi connectivity index (χ4n) is 4.69. The Balaban J connectivity index is 1.61. The molecule has 3 aromatic carbocycles. The van der Waals surface area contributed by atoms with Gasteiger partial charge in [0, 0.05) is 42.2 Å². The van der Waals surface area contributed by atoms with Crippen molar-refractivity contribution in [1.82, 2.24) is 14.8 Å². The molecule has 2 N–H and O–H groups in total. The molecule has 38 heavy (non-hydrogen) atoms. The summed E-state index contributed by atoms with van der Waals surface area (Å²) in [7, 11) is 0. The van der Waals surface area contributed by atoms with Crippen LogP contribution in [0.25, 0.3) is 16.6 Å². The first-order valence-electron chi connectivity index (χ1n) is 12.4. The number of aliphatic hydroxyl groups is 1. The van der Waals surface area contributed by atoms with Gasteiger partial charge in [0.15, 0.2) is 0 Å². The van der Waals surface area contributed by atoms with E-state index in [2.05, 4.69) is 32.8 Å². The summed E-state index contributed by atoms with van der Waals surface area (Å²) < 4.78 is 7.83. The number of morpholine rings is 1. The maximum absolute atomic E-state index is 13.8. The van der Waals surface area contributed by atoms with E-state index in [-0.39, 0.29) is 24.1 Å². The van der Waals surface area contributed by atoms with E-state index in [1.807, 2.05) is 59.2 Å². The van der Waals surface area contributed by atoms with Crippen LogP contribution in [0.2, 0.25) is 5.02 Å². The van der Waals surface area contributed by atoms with E-state index >= 15 is 0 Å². The fraction of sp³-hybridized carbons (Fsp3) is 0.241. The molecule has 1 saturated heterocycles. The van der Waals surface area contributed by atoms with Gasteiger partial charge in [0.2, 0.25) is 5.43 Å². The van der Waals surface area contributed by atoms with E-state index in [1.165, 1.54) is 0 Å². The second kappa shape index (κ2) is 12.0. The Morgan fingerprint density at radius 2 is 1.74 bits per heavy atom. The van der Waals surface area contributed by atoms with E-state index in [1.54, 1.807) is 12.1 Å². The second-order valence-electron chi connectivity index (χ2n) is 9.17. The molecule has 1 aliphatic rings. The van der Waals surface area contributed by atoms with Crippen molar-refractivity contribution in [2.24, 2.45) is 0 Å². The minimum Gasteiger partial charge on any atom is -0.392 e. The first-order chi connectivity index (χ1) is 18.5. The molecule has 1 amide bonds. The lowest BCUT2D eigenvalue weighted by molar-refractivity contribution is 0.0342. The highest BCUT2D eigenvalue weighted by Crippen LogP contribution is 2.27. The third-order valence-corrected chi connectivity index (χ3v) is 7.96. The van der Waals surface area contributed by atoms with Gasteiger partial charge in [-0.1, -0.05) is 48.0 Å². The van der Waals surface area contributed by atoms with Crippen LogP contribution in [0.1, 0.15) is 27.0 Å². The highest BCUT2D eigenvalue weighted by atomic mass is 127. The number of nitrogens with one attached hydrogen (secondary N) is 1. The second-order valence-corrected chi connectivity index (χ2v) is 10.6. The lowest BCUT2D eigenvalue weighted by Gasteiger charge is -2.26. The van der Waals surface area contributed by atoms with Gasteiger partial charge >= 0.3 is 0 Å². The number of carbonyl (C=O) groups is 1. The van der Waals surface area contributed by atoms with Gasteiger partial charge in [-0.05, 0) is 64.0 Å². The Bertz CT molecular complexity index is 1530. The van der Waals surface area contributed by atoms with E-state index in [0.29, 0.717) is 44.9 Å². The van der Waals surface area contributed by atoms with E-state index < -0.39 is 5.91 Å². The van der Waals surface area contributed by atoms with Gasteiger partial charge in [0.05, 0.1) is 31.0 Å². The average Bonchev–Trinajstić information content (AvgIpc) is 2.94. The quantitative estimate of drug-likeness (QED) is 0.229. The van der Waals surface area contributed by atoms with Crippen LogP contribution in [0.15, 0.2) is 71.5 Å². The summed E-state index contributed by atoms with van der Waals surface area (Å²) in [6.45, 7) is 3.81. The van der Waals surface area contributed by atoms with Crippen molar-refractivity contribution in [3.8, 4) is 5.69 Å². The molecule has 1 fully saturated rings.